The second kappa shape index (κ2) is 7.91. The fourth-order valence-electron chi connectivity index (χ4n) is 3.20. The highest BCUT2D eigenvalue weighted by molar-refractivity contribution is 5.38. The third-order valence-electron chi connectivity index (χ3n) is 4.58. The molecule has 0 saturated heterocycles. The standard InChI is InChI=1S/C20H19N7O3/c28-11-14-4-19-6-20(5-14)30-13-18-10-27(25-23-18)8-16-3-1-2-15(21-16)7-26-9-17(12-29-19)22-24-26/h1-6,9-10,28H,7-8,11-13H2. The average Bonchev–Trinajstić information content (AvgIpc) is 3.39. The summed E-state index contributed by atoms with van der Waals surface area (Å²) < 4.78 is 15.1. The largest absolute Gasteiger partial charge is 0.487 e. The van der Waals surface area contributed by atoms with Gasteiger partial charge in [0.25, 0.3) is 0 Å². The molecule has 0 unspecified atom stereocenters. The maximum absolute atomic E-state index is 9.56. The van der Waals surface area contributed by atoms with Crippen LogP contribution in [0.2, 0.25) is 0 Å². The minimum Gasteiger partial charge on any atom is -0.487 e. The van der Waals surface area contributed by atoms with E-state index >= 15 is 0 Å². The van der Waals surface area contributed by atoms with Crippen LogP contribution in [0.5, 0.6) is 11.5 Å². The Morgan fingerprint density at radius 1 is 0.800 bits per heavy atom. The lowest BCUT2D eigenvalue weighted by atomic mass is 10.2. The van der Waals surface area contributed by atoms with Gasteiger partial charge in [0.05, 0.1) is 43.5 Å². The summed E-state index contributed by atoms with van der Waals surface area (Å²) in [6, 6.07) is 11.2. The summed E-state index contributed by atoms with van der Waals surface area (Å²) in [5.41, 5.74) is 3.81. The Labute approximate surface area is 171 Å². The van der Waals surface area contributed by atoms with Crippen LogP contribution in [-0.4, -0.2) is 40.1 Å². The number of nitrogens with zero attached hydrogens (tertiary/aromatic N) is 7. The molecule has 0 fully saturated rings. The molecule has 0 aliphatic carbocycles. The first-order valence-corrected chi connectivity index (χ1v) is 9.47. The summed E-state index contributed by atoms with van der Waals surface area (Å²) in [5, 5.41) is 26.2. The molecule has 1 aliphatic heterocycles. The molecule has 0 atom stereocenters. The molecule has 4 aromatic rings. The van der Waals surface area contributed by atoms with Crippen molar-refractivity contribution >= 4 is 0 Å². The number of rotatable bonds is 1. The summed E-state index contributed by atoms with van der Waals surface area (Å²) in [7, 11) is 0. The molecule has 0 amide bonds. The van der Waals surface area contributed by atoms with Crippen LogP contribution in [0.4, 0.5) is 0 Å². The highest BCUT2D eigenvalue weighted by atomic mass is 16.5. The Hall–Kier alpha value is -3.79. The second-order valence-corrected chi connectivity index (χ2v) is 6.98. The van der Waals surface area contributed by atoms with Gasteiger partial charge in [0.15, 0.2) is 0 Å². The third kappa shape index (κ3) is 4.13. The van der Waals surface area contributed by atoms with Gasteiger partial charge in [-0.2, -0.15) is 0 Å². The zero-order chi connectivity index (χ0) is 20.3. The molecule has 4 heterocycles. The zero-order valence-electron chi connectivity index (χ0n) is 16.0. The summed E-state index contributed by atoms with van der Waals surface area (Å²) in [5.74, 6) is 1.15. The molecular weight excluding hydrogens is 386 g/mol. The highest BCUT2D eigenvalue weighted by Gasteiger charge is 2.10. The van der Waals surface area contributed by atoms with Gasteiger partial charge in [-0.05, 0) is 29.8 Å². The van der Waals surface area contributed by atoms with E-state index in [1.165, 1.54) is 0 Å². The monoisotopic (exact) mass is 405 g/mol. The lowest BCUT2D eigenvalue weighted by Gasteiger charge is -2.10. The van der Waals surface area contributed by atoms with Crippen LogP contribution in [0.3, 0.4) is 0 Å². The Kier molecular flexibility index (Phi) is 4.81. The Morgan fingerprint density at radius 3 is 1.90 bits per heavy atom. The maximum atomic E-state index is 9.56. The number of benzene rings is 1. The van der Waals surface area contributed by atoms with Crippen molar-refractivity contribution in [3.63, 3.8) is 0 Å². The lowest BCUT2D eigenvalue weighted by molar-refractivity contribution is 0.269. The van der Waals surface area contributed by atoms with Gasteiger partial charge >= 0.3 is 0 Å². The van der Waals surface area contributed by atoms with E-state index in [1.807, 2.05) is 30.6 Å². The molecule has 10 nitrogen and oxygen atoms in total. The number of fused-ring (bicyclic) bond motifs is 8. The molecule has 10 heteroatoms. The minimum absolute atomic E-state index is 0.120. The van der Waals surface area contributed by atoms with Gasteiger partial charge in [0, 0.05) is 6.07 Å². The summed E-state index contributed by atoms with van der Waals surface area (Å²) in [4.78, 5) is 4.68. The van der Waals surface area contributed by atoms with Gasteiger partial charge in [-0.25, -0.2) is 9.36 Å². The van der Waals surface area contributed by atoms with Crippen LogP contribution < -0.4 is 9.47 Å². The number of aliphatic hydroxyl groups is 1. The van der Waals surface area contributed by atoms with Gasteiger partial charge < -0.3 is 14.6 Å². The van der Waals surface area contributed by atoms with Crippen LogP contribution in [0.25, 0.3) is 0 Å². The average molecular weight is 405 g/mol. The molecule has 0 radical (unpaired) electrons. The van der Waals surface area contributed by atoms with Gasteiger partial charge in [0.1, 0.15) is 36.1 Å². The topological polar surface area (TPSA) is 113 Å². The van der Waals surface area contributed by atoms with Crippen LogP contribution in [0.1, 0.15) is 28.3 Å². The Morgan fingerprint density at radius 2 is 1.37 bits per heavy atom. The van der Waals surface area contributed by atoms with Crippen molar-refractivity contribution in [2.45, 2.75) is 32.9 Å². The molecule has 0 spiro atoms. The first-order chi connectivity index (χ1) is 14.7. The van der Waals surface area contributed by atoms with E-state index < -0.39 is 0 Å². The highest BCUT2D eigenvalue weighted by Crippen LogP contribution is 2.24. The predicted octanol–water partition coefficient (Wildman–Crippen LogP) is 1.32. The first kappa shape index (κ1) is 18.3. The molecular formula is C20H19N7O3. The van der Waals surface area contributed by atoms with E-state index in [2.05, 4.69) is 25.6 Å². The van der Waals surface area contributed by atoms with Crippen LogP contribution in [0, 0.1) is 0 Å². The van der Waals surface area contributed by atoms with E-state index in [9.17, 15) is 5.11 Å². The molecule has 0 saturated carbocycles. The van der Waals surface area contributed by atoms with Gasteiger partial charge in [-0.1, -0.05) is 16.5 Å². The molecule has 152 valence electrons. The molecule has 1 N–H and O–H groups in total. The fraction of sp³-hybridized carbons (Fsp3) is 0.250. The molecule has 5 rings (SSSR count). The van der Waals surface area contributed by atoms with Crippen LogP contribution >= 0.6 is 0 Å². The normalized spacial score (nSPS) is 13.6. The quantitative estimate of drug-likeness (QED) is 0.505. The number of aromatic nitrogens is 7. The van der Waals surface area contributed by atoms with Crippen molar-refractivity contribution in [2.24, 2.45) is 0 Å². The van der Waals surface area contributed by atoms with Gasteiger partial charge in [-0.15, -0.1) is 10.2 Å². The van der Waals surface area contributed by atoms with Crippen molar-refractivity contribution in [1.82, 2.24) is 35.0 Å². The predicted molar refractivity (Wildman–Crippen MR) is 104 cm³/mol. The zero-order valence-corrected chi connectivity index (χ0v) is 16.0. The van der Waals surface area contributed by atoms with Crippen LogP contribution in [-0.2, 0) is 32.9 Å². The van der Waals surface area contributed by atoms with E-state index in [0.29, 0.717) is 41.5 Å². The van der Waals surface area contributed by atoms with Gasteiger partial charge in [-0.3, -0.25) is 4.98 Å². The number of pyridine rings is 1. The Bertz CT molecular complexity index is 1090. The summed E-state index contributed by atoms with van der Waals surface area (Å²) >= 11 is 0. The van der Waals surface area contributed by atoms with Gasteiger partial charge in [0.2, 0.25) is 0 Å². The van der Waals surface area contributed by atoms with E-state index in [4.69, 9.17) is 9.47 Å². The summed E-state index contributed by atoms with van der Waals surface area (Å²) in [6.45, 7) is 1.37. The number of aliphatic hydroxyl groups excluding tert-OH is 1. The fourth-order valence-corrected chi connectivity index (χ4v) is 3.20. The Balaban J connectivity index is 1.48. The summed E-state index contributed by atoms with van der Waals surface area (Å²) in [6.07, 6.45) is 3.66. The van der Waals surface area contributed by atoms with Crippen molar-refractivity contribution in [2.75, 3.05) is 0 Å². The smallest absolute Gasteiger partial charge is 0.134 e. The van der Waals surface area contributed by atoms with Crippen molar-refractivity contribution in [1.29, 1.82) is 0 Å². The lowest BCUT2D eigenvalue weighted by Crippen LogP contribution is -2.07. The second-order valence-electron chi connectivity index (χ2n) is 6.98. The van der Waals surface area contributed by atoms with E-state index in [1.54, 1.807) is 27.6 Å². The van der Waals surface area contributed by atoms with Crippen molar-refractivity contribution in [3.05, 3.63) is 77.1 Å². The molecule has 8 bridgehead atoms. The SMILES string of the molecule is OCc1cc2cc(c1)OCc1cn(nn1)Cc1cccc(n1)Cn1cc(nn1)CO2. The number of hydrogen-bond acceptors (Lipinski definition) is 8. The third-order valence-corrected chi connectivity index (χ3v) is 4.58. The molecule has 30 heavy (non-hydrogen) atoms. The van der Waals surface area contributed by atoms with E-state index in [0.717, 1.165) is 11.4 Å². The molecule has 3 aromatic heterocycles. The maximum Gasteiger partial charge on any atom is 0.134 e. The first-order valence-electron chi connectivity index (χ1n) is 9.47. The number of hydrogen-bond donors (Lipinski definition) is 1. The number of ether oxygens (including phenoxy) is 2. The van der Waals surface area contributed by atoms with E-state index in [-0.39, 0.29) is 19.8 Å². The van der Waals surface area contributed by atoms with Crippen molar-refractivity contribution in [3.8, 4) is 11.5 Å². The molecule has 1 aliphatic rings. The van der Waals surface area contributed by atoms with Crippen LogP contribution in [0.15, 0.2) is 48.8 Å². The molecule has 1 aromatic carbocycles. The van der Waals surface area contributed by atoms with Crippen molar-refractivity contribution < 1.29 is 14.6 Å². The minimum atomic E-state index is -0.120.